The summed E-state index contributed by atoms with van der Waals surface area (Å²) in [7, 11) is 0. The Hall–Kier alpha value is -3.58. The molecule has 0 saturated heterocycles. The molecule has 3 aromatic rings. The van der Waals surface area contributed by atoms with Crippen LogP contribution in [0.25, 0.3) is 17.4 Å². The fourth-order valence-electron chi connectivity index (χ4n) is 2.35. The topological polar surface area (TPSA) is 66.0 Å². The van der Waals surface area contributed by atoms with Gasteiger partial charge in [-0.3, -0.25) is 4.79 Å². The van der Waals surface area contributed by atoms with Crippen LogP contribution in [0, 0.1) is 11.3 Å². The molecule has 0 radical (unpaired) electrons. The molecule has 4 heteroatoms. The van der Waals surface area contributed by atoms with Crippen LogP contribution in [0.3, 0.4) is 0 Å². The van der Waals surface area contributed by atoms with Crippen LogP contribution >= 0.6 is 0 Å². The third-order valence-electron chi connectivity index (χ3n) is 3.63. The molecule has 0 bridgehead atoms. The largest absolute Gasteiger partial charge is 0.457 e. The van der Waals surface area contributed by atoms with Crippen molar-refractivity contribution < 1.29 is 9.21 Å². The highest BCUT2D eigenvalue weighted by molar-refractivity contribution is 6.01. The minimum absolute atomic E-state index is 0.00453. The number of hydrogen-bond donors (Lipinski definition) is 1. The smallest absolute Gasteiger partial charge is 0.262 e. The maximum Gasteiger partial charge on any atom is 0.262 e. The summed E-state index contributed by atoms with van der Waals surface area (Å²) in [5, 5.41) is 12.0. The molecule has 1 amide bonds. The monoisotopic (exact) mass is 328 g/mol. The van der Waals surface area contributed by atoms with Crippen molar-refractivity contribution in [3.8, 4) is 17.4 Å². The Balaban J connectivity index is 1.71. The first-order chi connectivity index (χ1) is 12.3. The summed E-state index contributed by atoms with van der Waals surface area (Å²) in [6.07, 6.45) is 1.45. The zero-order chi connectivity index (χ0) is 17.5. The molecule has 25 heavy (non-hydrogen) atoms. The Labute approximate surface area is 146 Å². The van der Waals surface area contributed by atoms with Crippen LogP contribution in [0.2, 0.25) is 0 Å². The van der Waals surface area contributed by atoms with Crippen LogP contribution in [-0.2, 0) is 11.3 Å². The fourth-order valence-corrected chi connectivity index (χ4v) is 2.35. The second-order valence-corrected chi connectivity index (χ2v) is 5.41. The van der Waals surface area contributed by atoms with Gasteiger partial charge < -0.3 is 9.73 Å². The molecule has 0 aliphatic carbocycles. The molecule has 122 valence electrons. The van der Waals surface area contributed by atoms with Crippen LogP contribution in [0.15, 0.2) is 82.8 Å². The predicted molar refractivity (Wildman–Crippen MR) is 96.0 cm³/mol. The van der Waals surface area contributed by atoms with Crippen molar-refractivity contribution in [1.29, 1.82) is 5.26 Å². The fraction of sp³-hybridized carbons (Fsp3) is 0.0476. The standard InChI is InChI=1S/C21H16N2O2/c22-14-18(21(24)23-15-16-7-3-1-4-8-16)13-19-11-12-20(25-19)17-9-5-2-6-10-17/h1-13H,15H2,(H,23,24). The maximum atomic E-state index is 12.2. The number of nitriles is 1. The average Bonchev–Trinajstić information content (AvgIpc) is 3.14. The van der Waals surface area contributed by atoms with E-state index in [1.165, 1.54) is 6.08 Å². The first kappa shape index (κ1) is 16.3. The summed E-state index contributed by atoms with van der Waals surface area (Å²) >= 11 is 0. The van der Waals surface area contributed by atoms with Crippen LogP contribution in [0.5, 0.6) is 0 Å². The average molecular weight is 328 g/mol. The van der Waals surface area contributed by atoms with Crippen molar-refractivity contribution in [2.45, 2.75) is 6.54 Å². The van der Waals surface area contributed by atoms with Gasteiger partial charge in [0, 0.05) is 18.2 Å². The normalized spacial score (nSPS) is 10.9. The lowest BCUT2D eigenvalue weighted by Gasteiger charge is -2.03. The SMILES string of the molecule is N#CC(=Cc1ccc(-c2ccccc2)o1)C(=O)NCc1ccccc1. The van der Waals surface area contributed by atoms with Crippen molar-refractivity contribution in [3.05, 3.63) is 89.7 Å². The van der Waals surface area contributed by atoms with E-state index in [2.05, 4.69) is 5.32 Å². The molecule has 0 spiro atoms. The second-order valence-electron chi connectivity index (χ2n) is 5.41. The van der Waals surface area contributed by atoms with Crippen LogP contribution in [0.1, 0.15) is 11.3 Å². The Kier molecular flexibility index (Phi) is 5.08. The highest BCUT2D eigenvalue weighted by atomic mass is 16.3. The number of nitrogens with zero attached hydrogens (tertiary/aromatic N) is 1. The zero-order valence-corrected chi connectivity index (χ0v) is 13.5. The molecule has 0 fully saturated rings. The minimum atomic E-state index is -0.427. The third kappa shape index (κ3) is 4.24. The first-order valence-electron chi connectivity index (χ1n) is 7.85. The van der Waals surface area contributed by atoms with E-state index in [-0.39, 0.29) is 5.57 Å². The van der Waals surface area contributed by atoms with E-state index < -0.39 is 5.91 Å². The molecule has 0 aliphatic rings. The summed E-state index contributed by atoms with van der Waals surface area (Å²) in [5.74, 6) is 0.725. The van der Waals surface area contributed by atoms with E-state index in [1.807, 2.05) is 72.8 Å². The Morgan fingerprint density at radius 2 is 1.68 bits per heavy atom. The lowest BCUT2D eigenvalue weighted by atomic mass is 10.2. The summed E-state index contributed by atoms with van der Waals surface area (Å²) in [6.45, 7) is 0.367. The van der Waals surface area contributed by atoms with Crippen LogP contribution in [-0.4, -0.2) is 5.91 Å². The molecule has 1 N–H and O–H groups in total. The number of rotatable bonds is 5. The molecule has 1 heterocycles. The van der Waals surface area contributed by atoms with Gasteiger partial charge in [-0.25, -0.2) is 0 Å². The Bertz CT molecular complexity index is 919. The number of carbonyl (C=O) groups is 1. The van der Waals surface area contributed by atoms with Crippen molar-refractivity contribution in [3.63, 3.8) is 0 Å². The number of nitrogens with one attached hydrogen (secondary N) is 1. The van der Waals surface area contributed by atoms with Gasteiger partial charge >= 0.3 is 0 Å². The molecule has 0 saturated carbocycles. The van der Waals surface area contributed by atoms with Crippen LogP contribution in [0.4, 0.5) is 0 Å². The summed E-state index contributed by atoms with van der Waals surface area (Å²) in [4.78, 5) is 12.2. The molecule has 0 aliphatic heterocycles. The summed E-state index contributed by atoms with van der Waals surface area (Å²) in [5.41, 5.74) is 1.91. The van der Waals surface area contributed by atoms with E-state index in [9.17, 15) is 10.1 Å². The molecule has 0 unspecified atom stereocenters. The first-order valence-corrected chi connectivity index (χ1v) is 7.85. The maximum absolute atomic E-state index is 12.2. The van der Waals surface area contributed by atoms with E-state index in [4.69, 9.17) is 4.42 Å². The third-order valence-corrected chi connectivity index (χ3v) is 3.63. The van der Waals surface area contributed by atoms with Crippen molar-refractivity contribution in [2.75, 3.05) is 0 Å². The number of benzene rings is 2. The van der Waals surface area contributed by atoms with Crippen molar-refractivity contribution in [1.82, 2.24) is 5.32 Å². The zero-order valence-electron chi connectivity index (χ0n) is 13.5. The number of hydrogen-bond acceptors (Lipinski definition) is 3. The minimum Gasteiger partial charge on any atom is -0.457 e. The molecule has 1 aromatic heterocycles. The summed E-state index contributed by atoms with van der Waals surface area (Å²) < 4.78 is 5.71. The van der Waals surface area contributed by atoms with Gasteiger partial charge in [-0.15, -0.1) is 0 Å². The van der Waals surface area contributed by atoms with Gasteiger partial charge in [-0.1, -0.05) is 60.7 Å². The highest BCUT2D eigenvalue weighted by Gasteiger charge is 2.10. The number of furan rings is 1. The quantitative estimate of drug-likeness (QED) is 0.564. The molecule has 0 atom stereocenters. The number of amides is 1. The second kappa shape index (κ2) is 7.80. The van der Waals surface area contributed by atoms with Gasteiger partial charge in [-0.2, -0.15) is 5.26 Å². The van der Waals surface area contributed by atoms with Gasteiger partial charge in [0.15, 0.2) is 0 Å². The molecular formula is C21H16N2O2. The van der Waals surface area contributed by atoms with Gasteiger partial charge in [0.05, 0.1) is 0 Å². The van der Waals surface area contributed by atoms with Gasteiger partial charge in [-0.05, 0) is 17.7 Å². The molecule has 4 nitrogen and oxygen atoms in total. The molecule has 2 aromatic carbocycles. The van der Waals surface area contributed by atoms with Crippen molar-refractivity contribution in [2.24, 2.45) is 0 Å². The van der Waals surface area contributed by atoms with E-state index >= 15 is 0 Å². The molecular weight excluding hydrogens is 312 g/mol. The lowest BCUT2D eigenvalue weighted by molar-refractivity contribution is -0.117. The van der Waals surface area contributed by atoms with Crippen LogP contribution < -0.4 is 5.32 Å². The number of carbonyl (C=O) groups excluding carboxylic acids is 1. The van der Waals surface area contributed by atoms with Crippen molar-refractivity contribution >= 4 is 12.0 Å². The van der Waals surface area contributed by atoms with E-state index in [1.54, 1.807) is 6.07 Å². The lowest BCUT2D eigenvalue weighted by Crippen LogP contribution is -2.23. The Morgan fingerprint density at radius 1 is 1.00 bits per heavy atom. The van der Waals surface area contributed by atoms with Gasteiger partial charge in [0.25, 0.3) is 5.91 Å². The van der Waals surface area contributed by atoms with E-state index in [0.717, 1.165) is 11.1 Å². The molecule has 3 rings (SSSR count). The van der Waals surface area contributed by atoms with Gasteiger partial charge in [0.1, 0.15) is 23.2 Å². The van der Waals surface area contributed by atoms with E-state index in [0.29, 0.717) is 18.1 Å². The predicted octanol–water partition coefficient (Wildman–Crippen LogP) is 4.17. The summed E-state index contributed by atoms with van der Waals surface area (Å²) in [6, 6.07) is 24.7. The highest BCUT2D eigenvalue weighted by Crippen LogP contribution is 2.23. The van der Waals surface area contributed by atoms with Gasteiger partial charge in [0.2, 0.25) is 0 Å². The Morgan fingerprint density at radius 3 is 2.36 bits per heavy atom.